The van der Waals surface area contributed by atoms with Gasteiger partial charge in [-0.05, 0) is 28.8 Å². The summed E-state index contributed by atoms with van der Waals surface area (Å²) >= 11 is 0. The summed E-state index contributed by atoms with van der Waals surface area (Å²) in [7, 11) is 1.26. The molecular weight excluding hydrogens is 408 g/mol. The molecule has 162 valence electrons. The van der Waals surface area contributed by atoms with E-state index in [0.717, 1.165) is 11.1 Å². The largest absolute Gasteiger partial charge is 0.465 e. The summed E-state index contributed by atoms with van der Waals surface area (Å²) in [6.45, 7) is -0.0245. The van der Waals surface area contributed by atoms with Gasteiger partial charge in [-0.25, -0.2) is 14.4 Å². The van der Waals surface area contributed by atoms with Gasteiger partial charge in [0.05, 0.1) is 12.7 Å². The molecular formula is C26H22O6. The van der Waals surface area contributed by atoms with Crippen LogP contribution in [0.2, 0.25) is 0 Å². The minimum absolute atomic E-state index is 0.0123. The minimum atomic E-state index is -0.855. The van der Waals surface area contributed by atoms with Crippen molar-refractivity contribution in [3.05, 3.63) is 113 Å². The first-order valence-electron chi connectivity index (χ1n) is 9.89. The van der Waals surface area contributed by atoms with Gasteiger partial charge in [-0.3, -0.25) is 0 Å². The molecule has 0 aliphatic carbocycles. The molecule has 0 bridgehead atoms. The van der Waals surface area contributed by atoms with E-state index in [1.165, 1.54) is 13.2 Å². The first-order valence-corrected chi connectivity index (χ1v) is 9.89. The number of hydrogen-bond donors (Lipinski definition) is 0. The van der Waals surface area contributed by atoms with E-state index < -0.39 is 17.9 Å². The quantitative estimate of drug-likeness (QED) is 0.174. The highest BCUT2D eigenvalue weighted by Gasteiger charge is 2.23. The molecule has 0 aromatic heterocycles. The number of hydrogen-bond acceptors (Lipinski definition) is 6. The van der Waals surface area contributed by atoms with Crippen LogP contribution in [0.4, 0.5) is 0 Å². The number of benzene rings is 3. The molecule has 0 spiro atoms. The highest BCUT2D eigenvalue weighted by Crippen LogP contribution is 2.17. The molecule has 6 heteroatoms. The molecule has 3 aromatic carbocycles. The van der Waals surface area contributed by atoms with Crippen molar-refractivity contribution in [1.82, 2.24) is 0 Å². The van der Waals surface area contributed by atoms with Crippen molar-refractivity contribution in [1.29, 1.82) is 0 Å². The summed E-state index contributed by atoms with van der Waals surface area (Å²) in [4.78, 5) is 37.7. The molecule has 0 saturated heterocycles. The first-order chi connectivity index (χ1) is 15.6. The number of carbonyl (C=O) groups is 3. The fraction of sp³-hybridized carbons (Fsp3) is 0.115. The molecule has 0 heterocycles. The molecule has 6 nitrogen and oxygen atoms in total. The fourth-order valence-electron chi connectivity index (χ4n) is 2.88. The Morgan fingerprint density at radius 1 is 0.688 bits per heavy atom. The van der Waals surface area contributed by atoms with Crippen molar-refractivity contribution in [2.45, 2.75) is 13.2 Å². The molecule has 0 unspecified atom stereocenters. The fourth-order valence-corrected chi connectivity index (χ4v) is 2.88. The van der Waals surface area contributed by atoms with Crippen LogP contribution in [0.5, 0.6) is 0 Å². The standard InChI is InChI=1S/C26H22O6/c1-30-24(27)22-15-9-8-14-21(22)16-23(25(28)31-17-19-10-4-2-5-11-19)26(29)32-18-20-12-6-3-7-13-20/h2-16H,17-18H2,1H3. The summed E-state index contributed by atoms with van der Waals surface area (Å²) in [6, 6.07) is 24.7. The molecule has 3 aromatic rings. The highest BCUT2D eigenvalue weighted by molar-refractivity contribution is 6.18. The van der Waals surface area contributed by atoms with Gasteiger partial charge in [0.1, 0.15) is 18.8 Å². The zero-order chi connectivity index (χ0) is 22.8. The van der Waals surface area contributed by atoms with Crippen molar-refractivity contribution in [2.75, 3.05) is 7.11 Å². The molecule has 0 radical (unpaired) electrons. The lowest BCUT2D eigenvalue weighted by Gasteiger charge is -2.11. The smallest absolute Gasteiger partial charge is 0.345 e. The average molecular weight is 430 g/mol. The van der Waals surface area contributed by atoms with E-state index in [-0.39, 0.29) is 24.4 Å². The van der Waals surface area contributed by atoms with Crippen LogP contribution < -0.4 is 0 Å². The first kappa shape index (κ1) is 22.5. The number of ether oxygens (including phenoxy) is 3. The lowest BCUT2D eigenvalue weighted by atomic mass is 10.0. The van der Waals surface area contributed by atoms with Crippen LogP contribution in [0.1, 0.15) is 27.0 Å². The van der Waals surface area contributed by atoms with Gasteiger partial charge >= 0.3 is 17.9 Å². The minimum Gasteiger partial charge on any atom is -0.465 e. The number of esters is 3. The second-order valence-corrected chi connectivity index (χ2v) is 6.76. The van der Waals surface area contributed by atoms with Crippen molar-refractivity contribution < 1.29 is 28.6 Å². The van der Waals surface area contributed by atoms with Crippen LogP contribution in [-0.4, -0.2) is 25.0 Å². The molecule has 32 heavy (non-hydrogen) atoms. The lowest BCUT2D eigenvalue weighted by Crippen LogP contribution is -2.18. The maximum Gasteiger partial charge on any atom is 0.345 e. The summed E-state index contributed by atoms with van der Waals surface area (Å²) in [5.74, 6) is -2.30. The third kappa shape index (κ3) is 6.15. The Hall–Kier alpha value is -4.19. The van der Waals surface area contributed by atoms with Gasteiger partial charge in [0.15, 0.2) is 0 Å². The molecule has 0 aliphatic rings. The normalized spacial score (nSPS) is 10.0. The maximum absolute atomic E-state index is 12.8. The molecule has 0 amide bonds. The third-order valence-electron chi connectivity index (χ3n) is 4.53. The Bertz CT molecular complexity index is 1050. The van der Waals surface area contributed by atoms with Gasteiger partial charge < -0.3 is 14.2 Å². The van der Waals surface area contributed by atoms with Gasteiger partial charge in [-0.2, -0.15) is 0 Å². The molecule has 3 rings (SSSR count). The Balaban J connectivity index is 1.86. The van der Waals surface area contributed by atoms with Crippen LogP contribution in [0, 0.1) is 0 Å². The van der Waals surface area contributed by atoms with E-state index in [0.29, 0.717) is 5.56 Å². The van der Waals surface area contributed by atoms with Crippen molar-refractivity contribution in [3.63, 3.8) is 0 Å². The lowest BCUT2D eigenvalue weighted by molar-refractivity contribution is -0.148. The van der Waals surface area contributed by atoms with E-state index in [1.54, 1.807) is 48.5 Å². The molecule has 0 saturated carbocycles. The van der Waals surface area contributed by atoms with Crippen LogP contribution in [0.3, 0.4) is 0 Å². The maximum atomic E-state index is 12.8. The zero-order valence-electron chi connectivity index (χ0n) is 17.5. The van der Waals surface area contributed by atoms with Crippen LogP contribution in [0.15, 0.2) is 90.5 Å². The number of carbonyl (C=O) groups excluding carboxylic acids is 3. The summed E-state index contributed by atoms with van der Waals surface area (Å²) in [6.07, 6.45) is 1.28. The topological polar surface area (TPSA) is 78.9 Å². The van der Waals surface area contributed by atoms with E-state index in [1.807, 2.05) is 36.4 Å². The predicted octanol–water partition coefficient (Wildman–Crippen LogP) is 4.34. The van der Waals surface area contributed by atoms with E-state index in [9.17, 15) is 14.4 Å². The average Bonchev–Trinajstić information content (AvgIpc) is 2.85. The van der Waals surface area contributed by atoms with E-state index in [2.05, 4.69) is 0 Å². The Labute approximate surface area is 186 Å². The Morgan fingerprint density at radius 2 is 1.16 bits per heavy atom. The molecule has 0 fully saturated rings. The van der Waals surface area contributed by atoms with E-state index >= 15 is 0 Å². The second-order valence-electron chi connectivity index (χ2n) is 6.76. The number of methoxy groups -OCH3 is 1. The van der Waals surface area contributed by atoms with Crippen molar-refractivity contribution in [3.8, 4) is 0 Å². The van der Waals surface area contributed by atoms with Gasteiger partial charge in [-0.15, -0.1) is 0 Å². The second kappa shape index (κ2) is 11.3. The highest BCUT2D eigenvalue weighted by atomic mass is 16.6. The van der Waals surface area contributed by atoms with Gasteiger partial charge in [0.2, 0.25) is 0 Å². The van der Waals surface area contributed by atoms with Crippen molar-refractivity contribution >= 4 is 24.0 Å². The summed E-state index contributed by atoms with van der Waals surface area (Å²) < 4.78 is 15.5. The predicted molar refractivity (Wildman–Crippen MR) is 118 cm³/mol. The summed E-state index contributed by atoms with van der Waals surface area (Å²) in [5.41, 5.74) is 1.76. The van der Waals surface area contributed by atoms with Crippen LogP contribution in [-0.2, 0) is 37.0 Å². The monoisotopic (exact) mass is 430 g/mol. The van der Waals surface area contributed by atoms with Gasteiger partial charge in [0.25, 0.3) is 0 Å². The van der Waals surface area contributed by atoms with Gasteiger partial charge in [-0.1, -0.05) is 78.9 Å². The Kier molecular flexibility index (Phi) is 7.92. The SMILES string of the molecule is COC(=O)c1ccccc1C=C(C(=O)OCc1ccccc1)C(=O)OCc1ccccc1. The van der Waals surface area contributed by atoms with E-state index in [4.69, 9.17) is 14.2 Å². The van der Waals surface area contributed by atoms with Crippen molar-refractivity contribution in [2.24, 2.45) is 0 Å². The third-order valence-corrected chi connectivity index (χ3v) is 4.53. The van der Waals surface area contributed by atoms with Crippen LogP contribution >= 0.6 is 0 Å². The zero-order valence-corrected chi connectivity index (χ0v) is 17.5. The number of rotatable bonds is 8. The van der Waals surface area contributed by atoms with Crippen LogP contribution in [0.25, 0.3) is 6.08 Å². The molecule has 0 N–H and O–H groups in total. The molecule has 0 aliphatic heterocycles. The Morgan fingerprint density at radius 3 is 1.66 bits per heavy atom. The van der Waals surface area contributed by atoms with Gasteiger partial charge in [0, 0.05) is 0 Å². The summed E-state index contributed by atoms with van der Waals surface area (Å²) in [5, 5.41) is 0. The molecule has 0 atom stereocenters.